The number of rotatable bonds is 12. The van der Waals surface area contributed by atoms with Gasteiger partial charge in [0.15, 0.2) is 0 Å². The molecule has 220 valence electrons. The lowest BCUT2D eigenvalue weighted by atomic mass is 9.64. The number of hydrogen-bond acceptors (Lipinski definition) is 6. The first kappa shape index (κ1) is 26.8. The lowest BCUT2D eigenvalue weighted by molar-refractivity contribution is 0.262. The topological polar surface area (TPSA) is 65.3 Å². The minimum absolute atomic E-state index is 0.191. The van der Waals surface area contributed by atoms with Crippen LogP contribution in [0.15, 0.2) is 97.1 Å². The van der Waals surface area contributed by atoms with E-state index >= 15 is 0 Å². The predicted octanol–water partition coefficient (Wildman–Crippen LogP) is 6.14. The van der Waals surface area contributed by atoms with Crippen LogP contribution in [-0.4, -0.2) is 58.0 Å². The summed E-state index contributed by atoms with van der Waals surface area (Å²) < 4.78 is 34.5. The second-order valence-electron chi connectivity index (χ2n) is 12.1. The first-order valence-corrected chi connectivity index (χ1v) is 15.3. The minimum atomic E-state index is -0.443. The maximum absolute atomic E-state index is 6.27. The highest BCUT2D eigenvalue weighted by atomic mass is 16.6. The van der Waals surface area contributed by atoms with E-state index in [-0.39, 0.29) is 30.1 Å². The molecule has 8 rings (SSSR count). The molecule has 3 aliphatic heterocycles. The van der Waals surface area contributed by atoms with Crippen LogP contribution >= 0.6 is 0 Å². The van der Waals surface area contributed by atoms with E-state index in [1.165, 1.54) is 27.8 Å². The Balaban J connectivity index is 1.25. The van der Waals surface area contributed by atoms with Crippen LogP contribution in [0.5, 0.6) is 17.2 Å². The van der Waals surface area contributed by atoms with Gasteiger partial charge in [0.2, 0.25) is 0 Å². The van der Waals surface area contributed by atoms with Crippen LogP contribution in [0, 0.1) is 5.92 Å². The van der Waals surface area contributed by atoms with E-state index in [1.807, 2.05) is 0 Å². The highest BCUT2D eigenvalue weighted by Crippen LogP contribution is 2.60. The van der Waals surface area contributed by atoms with Crippen molar-refractivity contribution in [3.05, 3.63) is 125 Å². The molecule has 1 aliphatic carbocycles. The second-order valence-corrected chi connectivity index (χ2v) is 12.1. The first-order chi connectivity index (χ1) is 21.2. The van der Waals surface area contributed by atoms with Gasteiger partial charge in [0.1, 0.15) is 55.4 Å². The molecule has 0 aromatic heterocycles. The second kappa shape index (κ2) is 11.0. The van der Waals surface area contributed by atoms with Gasteiger partial charge in [0.05, 0.1) is 19.8 Å². The molecule has 0 bridgehead atoms. The van der Waals surface area contributed by atoms with Crippen molar-refractivity contribution in [1.29, 1.82) is 0 Å². The quantitative estimate of drug-likeness (QED) is 0.189. The van der Waals surface area contributed by atoms with E-state index in [1.54, 1.807) is 0 Å². The van der Waals surface area contributed by atoms with E-state index in [9.17, 15) is 0 Å². The van der Waals surface area contributed by atoms with E-state index in [4.69, 9.17) is 28.4 Å². The molecule has 43 heavy (non-hydrogen) atoms. The molecule has 0 spiro atoms. The molecular formula is C37H36O6. The first-order valence-electron chi connectivity index (χ1n) is 15.3. The van der Waals surface area contributed by atoms with E-state index in [2.05, 4.69) is 104 Å². The minimum Gasteiger partial charge on any atom is -0.491 e. The molecule has 6 nitrogen and oxygen atoms in total. The Labute approximate surface area is 252 Å². The number of benzene rings is 4. The molecule has 0 saturated carbocycles. The Kier molecular flexibility index (Phi) is 6.86. The summed E-state index contributed by atoms with van der Waals surface area (Å²) in [5.41, 5.74) is 5.90. The summed E-state index contributed by atoms with van der Waals surface area (Å²) in [6, 6.07) is 34.9. The fourth-order valence-corrected chi connectivity index (χ4v) is 6.82. The van der Waals surface area contributed by atoms with Gasteiger partial charge >= 0.3 is 0 Å². The summed E-state index contributed by atoms with van der Waals surface area (Å²) in [7, 11) is 0. The van der Waals surface area contributed by atoms with Crippen LogP contribution in [0.3, 0.4) is 0 Å². The van der Waals surface area contributed by atoms with Crippen LogP contribution in [0.1, 0.15) is 40.7 Å². The molecule has 0 amide bonds. The fraction of sp³-hybridized carbons (Fsp3) is 0.351. The molecular weight excluding hydrogens is 540 g/mol. The average molecular weight is 577 g/mol. The fourth-order valence-electron chi connectivity index (χ4n) is 6.82. The molecule has 4 aromatic rings. The molecule has 4 aliphatic rings. The van der Waals surface area contributed by atoms with Gasteiger partial charge in [-0.3, -0.25) is 0 Å². The predicted molar refractivity (Wildman–Crippen MR) is 162 cm³/mol. The van der Waals surface area contributed by atoms with Gasteiger partial charge in [-0.15, -0.1) is 0 Å². The molecule has 6 heteroatoms. The van der Waals surface area contributed by atoms with Crippen molar-refractivity contribution >= 4 is 0 Å². The van der Waals surface area contributed by atoms with Crippen molar-refractivity contribution in [1.82, 2.24) is 0 Å². The summed E-state index contributed by atoms with van der Waals surface area (Å²) in [6.45, 7) is 6.45. The lowest BCUT2D eigenvalue weighted by Crippen LogP contribution is -2.34. The monoisotopic (exact) mass is 576 g/mol. The zero-order chi connectivity index (χ0) is 28.8. The van der Waals surface area contributed by atoms with Crippen molar-refractivity contribution in [3.8, 4) is 17.2 Å². The molecule has 0 N–H and O–H groups in total. The third kappa shape index (κ3) is 5.29. The van der Waals surface area contributed by atoms with Gasteiger partial charge < -0.3 is 28.4 Å². The Morgan fingerprint density at radius 1 is 0.605 bits per heavy atom. The summed E-state index contributed by atoms with van der Waals surface area (Å²) in [6.07, 6.45) is 0.619. The van der Waals surface area contributed by atoms with E-state index in [0.29, 0.717) is 19.8 Å². The highest BCUT2D eigenvalue weighted by molar-refractivity contribution is 5.63. The third-order valence-electron chi connectivity index (χ3n) is 9.26. The van der Waals surface area contributed by atoms with Gasteiger partial charge in [0, 0.05) is 11.3 Å². The molecule has 5 unspecified atom stereocenters. The van der Waals surface area contributed by atoms with Crippen LogP contribution in [-0.2, 0) is 19.6 Å². The normalized spacial score (nSPS) is 28.2. The van der Waals surface area contributed by atoms with Crippen molar-refractivity contribution in [2.24, 2.45) is 5.92 Å². The van der Waals surface area contributed by atoms with Gasteiger partial charge in [0.25, 0.3) is 0 Å². The largest absolute Gasteiger partial charge is 0.491 e. The number of epoxide rings is 3. The highest BCUT2D eigenvalue weighted by Gasteiger charge is 2.52. The van der Waals surface area contributed by atoms with Crippen LogP contribution in [0.25, 0.3) is 0 Å². The molecule has 3 heterocycles. The third-order valence-corrected chi connectivity index (χ3v) is 9.26. The van der Waals surface area contributed by atoms with Crippen LogP contribution < -0.4 is 14.2 Å². The van der Waals surface area contributed by atoms with Gasteiger partial charge in [-0.25, -0.2) is 0 Å². The Bertz CT molecular complexity index is 1500. The molecule has 4 aromatic carbocycles. The maximum Gasteiger partial charge on any atom is 0.119 e. The van der Waals surface area contributed by atoms with Crippen molar-refractivity contribution in [2.45, 2.75) is 36.6 Å². The summed E-state index contributed by atoms with van der Waals surface area (Å²) in [4.78, 5) is 0. The van der Waals surface area contributed by atoms with Crippen LogP contribution in [0.4, 0.5) is 0 Å². The number of fused-ring (bicyclic) bond motifs is 1. The van der Waals surface area contributed by atoms with Gasteiger partial charge in [-0.1, -0.05) is 67.6 Å². The Hall–Kier alpha value is -3.84. The smallest absolute Gasteiger partial charge is 0.119 e. The Morgan fingerprint density at radius 2 is 1.07 bits per heavy atom. The molecule has 0 radical (unpaired) electrons. The molecule has 3 fully saturated rings. The average Bonchev–Trinajstić information content (AvgIpc) is 3.91. The number of hydrogen-bond donors (Lipinski definition) is 0. The molecule has 5 atom stereocenters. The SMILES string of the molecule is CC1C(c2ccccc2)c2ccc(OCC3CO3)cc2C1(c1ccc(OCC2CO2)cc1)c1ccc(OCC2CO2)cc1. The number of ether oxygens (including phenoxy) is 6. The van der Waals surface area contributed by atoms with Gasteiger partial charge in [-0.2, -0.15) is 0 Å². The maximum atomic E-state index is 6.27. The lowest BCUT2D eigenvalue weighted by Gasteiger charge is -2.38. The zero-order valence-electron chi connectivity index (χ0n) is 24.3. The Morgan fingerprint density at radius 3 is 1.56 bits per heavy atom. The molecule has 3 saturated heterocycles. The van der Waals surface area contributed by atoms with Gasteiger partial charge in [-0.05, 0) is 70.1 Å². The van der Waals surface area contributed by atoms with Crippen molar-refractivity contribution < 1.29 is 28.4 Å². The van der Waals surface area contributed by atoms with E-state index < -0.39 is 5.41 Å². The van der Waals surface area contributed by atoms with Crippen molar-refractivity contribution in [2.75, 3.05) is 39.6 Å². The van der Waals surface area contributed by atoms with Crippen LogP contribution in [0.2, 0.25) is 0 Å². The summed E-state index contributed by atoms with van der Waals surface area (Å²) in [5.74, 6) is 2.97. The zero-order valence-corrected chi connectivity index (χ0v) is 24.3. The summed E-state index contributed by atoms with van der Waals surface area (Å²) >= 11 is 0. The van der Waals surface area contributed by atoms with E-state index in [0.717, 1.165) is 37.1 Å². The summed E-state index contributed by atoms with van der Waals surface area (Å²) in [5, 5.41) is 0. The van der Waals surface area contributed by atoms with Crippen molar-refractivity contribution in [3.63, 3.8) is 0 Å². The standard InChI is InChI=1S/C37H36O6/c1-24-36(25-5-3-2-4-6-25)34-16-15-30(40-20-33-23-43-33)17-35(34)37(24,26-7-11-28(12-8-26)38-18-31-21-41-31)27-9-13-29(14-10-27)39-19-32-22-42-32/h2-17,24,31-33,36H,18-23H2,1H3.